The molecule has 0 aromatic heterocycles. The van der Waals surface area contributed by atoms with Crippen LogP contribution in [0.3, 0.4) is 0 Å². The zero-order valence-electron chi connectivity index (χ0n) is 10.4. The zero-order valence-corrected chi connectivity index (χ0v) is 10.4. The Kier molecular flexibility index (Phi) is 3.57. The molecule has 0 aromatic rings. The minimum atomic E-state index is -0.572. The SMILES string of the molecule is CCC1CCCC1(O)C1(CN)CCCOC1. The molecule has 0 radical (unpaired) electrons. The van der Waals surface area contributed by atoms with E-state index in [1.165, 1.54) is 0 Å². The average molecular weight is 227 g/mol. The van der Waals surface area contributed by atoms with Gasteiger partial charge in [0.15, 0.2) is 0 Å². The minimum Gasteiger partial charge on any atom is -0.389 e. The predicted octanol–water partition coefficient (Wildman–Crippen LogP) is 1.68. The van der Waals surface area contributed by atoms with Crippen molar-refractivity contribution in [3.63, 3.8) is 0 Å². The van der Waals surface area contributed by atoms with Crippen molar-refractivity contribution in [2.24, 2.45) is 17.1 Å². The van der Waals surface area contributed by atoms with Crippen molar-refractivity contribution in [1.82, 2.24) is 0 Å². The number of ether oxygens (including phenoxy) is 1. The molecular weight excluding hydrogens is 202 g/mol. The van der Waals surface area contributed by atoms with Gasteiger partial charge < -0.3 is 15.6 Å². The molecule has 2 aliphatic rings. The highest BCUT2D eigenvalue weighted by molar-refractivity contribution is 5.06. The number of hydrogen-bond donors (Lipinski definition) is 2. The van der Waals surface area contributed by atoms with Crippen LogP contribution in [0.2, 0.25) is 0 Å². The van der Waals surface area contributed by atoms with Crippen LogP contribution in [0.5, 0.6) is 0 Å². The van der Waals surface area contributed by atoms with Crippen molar-refractivity contribution in [2.75, 3.05) is 19.8 Å². The molecule has 0 bridgehead atoms. The van der Waals surface area contributed by atoms with E-state index in [1.807, 2.05) is 0 Å². The summed E-state index contributed by atoms with van der Waals surface area (Å²) >= 11 is 0. The average Bonchev–Trinajstić information content (AvgIpc) is 2.73. The largest absolute Gasteiger partial charge is 0.389 e. The molecule has 3 unspecified atom stereocenters. The van der Waals surface area contributed by atoms with E-state index in [-0.39, 0.29) is 5.41 Å². The van der Waals surface area contributed by atoms with Gasteiger partial charge in [-0.1, -0.05) is 19.8 Å². The van der Waals surface area contributed by atoms with Crippen molar-refractivity contribution in [3.8, 4) is 0 Å². The highest BCUT2D eigenvalue weighted by Crippen LogP contribution is 2.51. The number of rotatable bonds is 3. The summed E-state index contributed by atoms with van der Waals surface area (Å²) in [5, 5.41) is 11.1. The third-order valence-electron chi connectivity index (χ3n) is 4.91. The van der Waals surface area contributed by atoms with E-state index in [0.717, 1.165) is 45.1 Å². The molecule has 1 aliphatic carbocycles. The van der Waals surface area contributed by atoms with Gasteiger partial charge in [-0.3, -0.25) is 0 Å². The van der Waals surface area contributed by atoms with Crippen molar-refractivity contribution >= 4 is 0 Å². The first-order valence-corrected chi connectivity index (χ1v) is 6.69. The van der Waals surface area contributed by atoms with Gasteiger partial charge >= 0.3 is 0 Å². The van der Waals surface area contributed by atoms with Crippen LogP contribution in [0.1, 0.15) is 45.4 Å². The van der Waals surface area contributed by atoms with Gasteiger partial charge in [0, 0.05) is 18.6 Å². The molecule has 3 nitrogen and oxygen atoms in total. The Labute approximate surface area is 98.4 Å². The quantitative estimate of drug-likeness (QED) is 0.771. The molecule has 2 fully saturated rings. The van der Waals surface area contributed by atoms with Crippen LogP contribution in [0.4, 0.5) is 0 Å². The fourth-order valence-electron chi connectivity index (χ4n) is 3.83. The minimum absolute atomic E-state index is 0.178. The first kappa shape index (κ1) is 12.3. The Balaban J connectivity index is 2.24. The summed E-state index contributed by atoms with van der Waals surface area (Å²) in [4.78, 5) is 0. The summed E-state index contributed by atoms with van der Waals surface area (Å²) in [6.07, 6.45) is 6.31. The molecule has 3 N–H and O–H groups in total. The monoisotopic (exact) mass is 227 g/mol. The molecule has 1 saturated carbocycles. The van der Waals surface area contributed by atoms with Crippen LogP contribution < -0.4 is 5.73 Å². The normalized spacial score (nSPS) is 44.8. The fourth-order valence-corrected chi connectivity index (χ4v) is 3.83. The number of aliphatic hydroxyl groups is 1. The highest BCUT2D eigenvalue weighted by atomic mass is 16.5. The van der Waals surface area contributed by atoms with Gasteiger partial charge in [-0.2, -0.15) is 0 Å². The van der Waals surface area contributed by atoms with E-state index in [2.05, 4.69) is 6.92 Å². The lowest BCUT2D eigenvalue weighted by atomic mass is 9.63. The smallest absolute Gasteiger partial charge is 0.0765 e. The lowest BCUT2D eigenvalue weighted by Gasteiger charge is -2.50. The third kappa shape index (κ3) is 1.69. The lowest BCUT2D eigenvalue weighted by molar-refractivity contribution is -0.162. The zero-order chi connectivity index (χ0) is 11.6. The van der Waals surface area contributed by atoms with Crippen LogP contribution in [0, 0.1) is 11.3 Å². The fraction of sp³-hybridized carbons (Fsp3) is 1.00. The van der Waals surface area contributed by atoms with Crippen molar-refractivity contribution < 1.29 is 9.84 Å². The van der Waals surface area contributed by atoms with Crippen molar-refractivity contribution in [3.05, 3.63) is 0 Å². The molecule has 0 spiro atoms. The van der Waals surface area contributed by atoms with E-state index in [9.17, 15) is 5.11 Å². The van der Waals surface area contributed by atoms with Crippen LogP contribution >= 0.6 is 0 Å². The van der Waals surface area contributed by atoms with E-state index in [4.69, 9.17) is 10.5 Å². The van der Waals surface area contributed by atoms with Crippen LogP contribution in [-0.4, -0.2) is 30.5 Å². The molecule has 94 valence electrons. The molecule has 16 heavy (non-hydrogen) atoms. The standard InChI is InChI=1S/C13H25NO2/c1-2-11-5-3-7-13(11,15)12(9-14)6-4-8-16-10-12/h11,15H,2-10,14H2,1H3. The maximum atomic E-state index is 11.1. The molecular formula is C13H25NO2. The predicted molar refractivity (Wildman–Crippen MR) is 64.1 cm³/mol. The molecule has 3 heteroatoms. The maximum absolute atomic E-state index is 11.1. The van der Waals surface area contributed by atoms with E-state index in [1.54, 1.807) is 0 Å². The summed E-state index contributed by atoms with van der Waals surface area (Å²) < 4.78 is 5.61. The van der Waals surface area contributed by atoms with Gasteiger partial charge in [0.2, 0.25) is 0 Å². The second-order valence-electron chi connectivity index (χ2n) is 5.56. The Hall–Kier alpha value is -0.120. The van der Waals surface area contributed by atoms with Gasteiger partial charge in [0.05, 0.1) is 12.2 Å². The van der Waals surface area contributed by atoms with Gasteiger partial charge in [0.1, 0.15) is 0 Å². The topological polar surface area (TPSA) is 55.5 Å². The Bertz CT molecular complexity index is 238. The number of nitrogens with two attached hydrogens (primary N) is 1. The van der Waals surface area contributed by atoms with Crippen molar-refractivity contribution in [1.29, 1.82) is 0 Å². The van der Waals surface area contributed by atoms with Gasteiger partial charge in [-0.25, -0.2) is 0 Å². The maximum Gasteiger partial charge on any atom is 0.0765 e. The highest BCUT2D eigenvalue weighted by Gasteiger charge is 2.55. The van der Waals surface area contributed by atoms with Gasteiger partial charge in [0.25, 0.3) is 0 Å². The third-order valence-corrected chi connectivity index (χ3v) is 4.91. The molecule has 3 atom stereocenters. The summed E-state index contributed by atoms with van der Waals surface area (Å²) in [5.74, 6) is 0.415. The van der Waals surface area contributed by atoms with E-state index in [0.29, 0.717) is 19.1 Å². The Morgan fingerprint density at radius 2 is 2.19 bits per heavy atom. The van der Waals surface area contributed by atoms with E-state index >= 15 is 0 Å². The van der Waals surface area contributed by atoms with Gasteiger partial charge in [-0.05, 0) is 31.6 Å². The molecule has 0 aromatic carbocycles. The summed E-state index contributed by atoms with van der Waals surface area (Å²) in [6.45, 7) is 4.21. The second kappa shape index (κ2) is 4.63. The molecule has 1 heterocycles. The molecule has 2 rings (SSSR count). The Morgan fingerprint density at radius 3 is 2.75 bits per heavy atom. The first-order chi connectivity index (χ1) is 7.68. The molecule has 1 saturated heterocycles. The van der Waals surface area contributed by atoms with Crippen LogP contribution in [-0.2, 0) is 4.74 Å². The number of hydrogen-bond acceptors (Lipinski definition) is 3. The summed E-state index contributed by atoms with van der Waals surface area (Å²) in [6, 6.07) is 0. The van der Waals surface area contributed by atoms with Crippen molar-refractivity contribution in [2.45, 2.75) is 51.0 Å². The van der Waals surface area contributed by atoms with E-state index < -0.39 is 5.60 Å². The second-order valence-corrected chi connectivity index (χ2v) is 5.56. The molecule has 1 aliphatic heterocycles. The van der Waals surface area contributed by atoms with Crippen LogP contribution in [0.25, 0.3) is 0 Å². The first-order valence-electron chi connectivity index (χ1n) is 6.69. The van der Waals surface area contributed by atoms with Crippen LogP contribution in [0.15, 0.2) is 0 Å². The Morgan fingerprint density at radius 1 is 1.38 bits per heavy atom. The summed E-state index contributed by atoms with van der Waals surface area (Å²) in [7, 11) is 0. The molecule has 0 amide bonds. The summed E-state index contributed by atoms with van der Waals surface area (Å²) in [5.41, 5.74) is 5.23. The lowest BCUT2D eigenvalue weighted by Crippen LogP contribution is -2.58. The van der Waals surface area contributed by atoms with Gasteiger partial charge in [-0.15, -0.1) is 0 Å².